The van der Waals surface area contributed by atoms with Gasteiger partial charge in [0.2, 0.25) is 23.6 Å². The third-order valence-corrected chi connectivity index (χ3v) is 5.12. The average molecular weight is 331 g/mol. The van der Waals surface area contributed by atoms with Crippen LogP contribution in [0.25, 0.3) is 0 Å². The van der Waals surface area contributed by atoms with Crippen molar-refractivity contribution in [3.05, 3.63) is 23.6 Å². The standard InChI is InChI=1S/C17H25N5O2/c1-11(2)15-19-18-14(23-15)10-22-9-4-3-8-13(22)17-21-20-16(24-17)12-6-5-7-12/h11-13H,3-10H2,1-2H3/t13-/m1/s1. The molecule has 2 fully saturated rings. The van der Waals surface area contributed by atoms with Crippen molar-refractivity contribution in [3.8, 4) is 0 Å². The Balaban J connectivity index is 1.48. The Morgan fingerprint density at radius 2 is 1.79 bits per heavy atom. The maximum atomic E-state index is 6.01. The van der Waals surface area contributed by atoms with E-state index in [9.17, 15) is 0 Å². The first-order valence-corrected chi connectivity index (χ1v) is 9.10. The van der Waals surface area contributed by atoms with Crippen LogP contribution >= 0.6 is 0 Å². The molecule has 0 radical (unpaired) electrons. The van der Waals surface area contributed by atoms with Crippen molar-refractivity contribution < 1.29 is 8.83 Å². The molecule has 1 saturated heterocycles. The molecule has 0 unspecified atom stereocenters. The molecule has 0 amide bonds. The summed E-state index contributed by atoms with van der Waals surface area (Å²) in [7, 11) is 0. The molecule has 1 atom stereocenters. The summed E-state index contributed by atoms with van der Waals surface area (Å²) in [5, 5.41) is 17.0. The summed E-state index contributed by atoms with van der Waals surface area (Å²) in [4.78, 5) is 2.33. The molecule has 3 heterocycles. The number of piperidine rings is 1. The summed E-state index contributed by atoms with van der Waals surface area (Å²) in [6.45, 7) is 5.75. The van der Waals surface area contributed by atoms with Gasteiger partial charge in [-0.25, -0.2) is 0 Å². The average Bonchev–Trinajstić information content (AvgIpc) is 3.16. The lowest BCUT2D eigenvalue weighted by atomic mass is 9.85. The van der Waals surface area contributed by atoms with Crippen LogP contribution in [0.2, 0.25) is 0 Å². The Morgan fingerprint density at radius 3 is 2.50 bits per heavy atom. The number of hydrogen-bond acceptors (Lipinski definition) is 7. The molecule has 0 N–H and O–H groups in total. The minimum atomic E-state index is 0.162. The first kappa shape index (κ1) is 15.7. The van der Waals surface area contributed by atoms with Gasteiger partial charge in [0, 0.05) is 11.8 Å². The third-order valence-electron chi connectivity index (χ3n) is 5.12. The van der Waals surface area contributed by atoms with Gasteiger partial charge in [0.25, 0.3) is 0 Å². The van der Waals surface area contributed by atoms with Gasteiger partial charge in [-0.1, -0.05) is 26.7 Å². The van der Waals surface area contributed by atoms with Crippen molar-refractivity contribution >= 4 is 0 Å². The Hall–Kier alpha value is -1.76. The quantitative estimate of drug-likeness (QED) is 0.828. The zero-order valence-electron chi connectivity index (χ0n) is 14.4. The van der Waals surface area contributed by atoms with E-state index in [2.05, 4.69) is 39.1 Å². The number of likely N-dealkylation sites (tertiary alicyclic amines) is 1. The topological polar surface area (TPSA) is 81.1 Å². The van der Waals surface area contributed by atoms with Crippen molar-refractivity contribution in [1.29, 1.82) is 0 Å². The van der Waals surface area contributed by atoms with E-state index < -0.39 is 0 Å². The molecule has 4 rings (SSSR count). The van der Waals surface area contributed by atoms with E-state index in [1.807, 2.05) is 0 Å². The zero-order chi connectivity index (χ0) is 16.5. The fourth-order valence-corrected chi connectivity index (χ4v) is 3.40. The molecule has 0 spiro atoms. The second-order valence-corrected chi connectivity index (χ2v) is 7.28. The molecular formula is C17H25N5O2. The predicted octanol–water partition coefficient (Wildman–Crippen LogP) is 3.57. The van der Waals surface area contributed by atoms with Crippen molar-refractivity contribution in [2.24, 2.45) is 0 Å². The second-order valence-electron chi connectivity index (χ2n) is 7.28. The molecule has 1 saturated carbocycles. The molecule has 7 heteroatoms. The highest BCUT2D eigenvalue weighted by atomic mass is 16.4. The predicted molar refractivity (Wildman–Crippen MR) is 86.3 cm³/mol. The van der Waals surface area contributed by atoms with Crippen LogP contribution in [0.1, 0.15) is 93.8 Å². The van der Waals surface area contributed by atoms with Gasteiger partial charge in [0.05, 0.1) is 12.6 Å². The number of aromatic nitrogens is 4. The van der Waals surface area contributed by atoms with E-state index in [0.29, 0.717) is 24.2 Å². The molecule has 0 aromatic carbocycles. The van der Waals surface area contributed by atoms with Gasteiger partial charge in [-0.2, -0.15) is 0 Å². The van der Waals surface area contributed by atoms with Gasteiger partial charge in [-0.3, -0.25) is 4.90 Å². The SMILES string of the molecule is CC(C)c1nnc(CN2CCCC[C@@H]2c2nnc(C3CCC3)o2)o1. The molecule has 2 aromatic heterocycles. The van der Waals surface area contributed by atoms with E-state index in [-0.39, 0.29) is 12.0 Å². The fraction of sp³-hybridized carbons (Fsp3) is 0.765. The van der Waals surface area contributed by atoms with Crippen molar-refractivity contribution in [1.82, 2.24) is 25.3 Å². The molecule has 130 valence electrons. The monoisotopic (exact) mass is 331 g/mol. The van der Waals surface area contributed by atoms with Crippen molar-refractivity contribution in [2.75, 3.05) is 6.54 Å². The van der Waals surface area contributed by atoms with Gasteiger partial charge in [-0.15, -0.1) is 20.4 Å². The van der Waals surface area contributed by atoms with Crippen LogP contribution in [0.3, 0.4) is 0 Å². The molecule has 1 aliphatic heterocycles. The summed E-state index contributed by atoms with van der Waals surface area (Å²) < 4.78 is 11.8. The normalized spacial score (nSPS) is 22.9. The third kappa shape index (κ3) is 3.09. The highest BCUT2D eigenvalue weighted by molar-refractivity contribution is 5.00. The van der Waals surface area contributed by atoms with E-state index in [4.69, 9.17) is 8.83 Å². The van der Waals surface area contributed by atoms with Gasteiger partial charge >= 0.3 is 0 Å². The zero-order valence-corrected chi connectivity index (χ0v) is 14.4. The molecule has 2 aliphatic rings. The molecule has 2 aromatic rings. The molecule has 0 bridgehead atoms. The minimum absolute atomic E-state index is 0.162. The summed E-state index contributed by atoms with van der Waals surface area (Å²) in [6.07, 6.45) is 7.02. The van der Waals surface area contributed by atoms with Crippen LogP contribution < -0.4 is 0 Å². The largest absolute Gasteiger partial charge is 0.424 e. The van der Waals surface area contributed by atoms with Crippen molar-refractivity contribution in [2.45, 2.75) is 76.8 Å². The van der Waals surface area contributed by atoms with E-state index in [0.717, 1.165) is 24.7 Å². The number of hydrogen-bond donors (Lipinski definition) is 0. The van der Waals surface area contributed by atoms with Crippen LogP contribution in [-0.4, -0.2) is 31.8 Å². The number of nitrogens with zero attached hydrogens (tertiary/aromatic N) is 5. The van der Waals surface area contributed by atoms with Gasteiger partial charge in [0.15, 0.2) is 0 Å². The highest BCUT2D eigenvalue weighted by Crippen LogP contribution is 2.37. The lowest BCUT2D eigenvalue weighted by Crippen LogP contribution is -2.33. The lowest BCUT2D eigenvalue weighted by Gasteiger charge is -2.32. The lowest BCUT2D eigenvalue weighted by molar-refractivity contribution is 0.104. The van der Waals surface area contributed by atoms with E-state index >= 15 is 0 Å². The molecule has 24 heavy (non-hydrogen) atoms. The van der Waals surface area contributed by atoms with Crippen LogP contribution in [0.5, 0.6) is 0 Å². The van der Waals surface area contributed by atoms with Gasteiger partial charge in [0.1, 0.15) is 0 Å². The number of rotatable bonds is 5. The molecule has 1 aliphatic carbocycles. The summed E-state index contributed by atoms with van der Waals surface area (Å²) in [5.74, 6) is 3.67. The Kier molecular flexibility index (Phi) is 4.35. The van der Waals surface area contributed by atoms with Crippen LogP contribution in [-0.2, 0) is 6.54 Å². The van der Waals surface area contributed by atoms with Crippen molar-refractivity contribution in [3.63, 3.8) is 0 Å². The highest BCUT2D eigenvalue weighted by Gasteiger charge is 2.32. The summed E-state index contributed by atoms with van der Waals surface area (Å²) in [5.41, 5.74) is 0. The van der Waals surface area contributed by atoms with Crippen LogP contribution in [0.4, 0.5) is 0 Å². The second kappa shape index (κ2) is 6.63. The van der Waals surface area contributed by atoms with Crippen LogP contribution in [0.15, 0.2) is 8.83 Å². The molecule has 7 nitrogen and oxygen atoms in total. The minimum Gasteiger partial charge on any atom is -0.424 e. The van der Waals surface area contributed by atoms with E-state index in [1.165, 1.54) is 32.1 Å². The van der Waals surface area contributed by atoms with Gasteiger partial charge in [-0.05, 0) is 32.2 Å². The maximum absolute atomic E-state index is 6.01. The Bertz CT molecular complexity index is 676. The summed E-state index contributed by atoms with van der Waals surface area (Å²) >= 11 is 0. The molecular weight excluding hydrogens is 306 g/mol. The Labute approximate surface area is 141 Å². The summed E-state index contributed by atoms with van der Waals surface area (Å²) in [6, 6.07) is 0.162. The Morgan fingerprint density at radius 1 is 0.958 bits per heavy atom. The van der Waals surface area contributed by atoms with E-state index in [1.54, 1.807) is 0 Å². The fourth-order valence-electron chi connectivity index (χ4n) is 3.40. The maximum Gasteiger partial charge on any atom is 0.233 e. The first-order chi connectivity index (χ1) is 11.7. The van der Waals surface area contributed by atoms with Gasteiger partial charge < -0.3 is 8.83 Å². The smallest absolute Gasteiger partial charge is 0.233 e. The first-order valence-electron chi connectivity index (χ1n) is 9.10. The van der Waals surface area contributed by atoms with Crippen LogP contribution in [0, 0.1) is 0 Å².